The van der Waals surface area contributed by atoms with E-state index in [1.54, 1.807) is 11.3 Å². The fourth-order valence-electron chi connectivity index (χ4n) is 3.46. The zero-order chi connectivity index (χ0) is 11.7. The van der Waals surface area contributed by atoms with Crippen LogP contribution in [0.1, 0.15) is 37.1 Å². The lowest BCUT2D eigenvalue weighted by Crippen LogP contribution is -2.38. The Labute approximate surface area is 106 Å². The van der Waals surface area contributed by atoms with E-state index in [0.717, 1.165) is 13.0 Å². The quantitative estimate of drug-likeness (QED) is 0.896. The molecule has 3 unspecified atom stereocenters. The zero-order valence-electron chi connectivity index (χ0n) is 10.1. The monoisotopic (exact) mass is 252 g/mol. The molecule has 3 atom stereocenters. The molecule has 0 spiro atoms. The van der Waals surface area contributed by atoms with Crippen molar-refractivity contribution in [1.29, 1.82) is 0 Å². The van der Waals surface area contributed by atoms with Crippen LogP contribution in [-0.2, 0) is 6.54 Å². The molecule has 0 aromatic carbocycles. The maximum atomic E-state index is 10.1. The number of thiazole rings is 1. The second-order valence-electron chi connectivity index (χ2n) is 5.27. The van der Waals surface area contributed by atoms with E-state index in [1.165, 1.54) is 37.2 Å². The minimum Gasteiger partial charge on any atom is -0.393 e. The molecule has 1 aliphatic heterocycles. The van der Waals surface area contributed by atoms with Crippen LogP contribution in [0.4, 0.5) is 0 Å². The number of hydrogen-bond acceptors (Lipinski definition) is 4. The van der Waals surface area contributed by atoms with Gasteiger partial charge >= 0.3 is 0 Å². The molecule has 4 heteroatoms. The van der Waals surface area contributed by atoms with Gasteiger partial charge in [0.15, 0.2) is 0 Å². The number of hydrogen-bond donors (Lipinski definition) is 1. The molecule has 3 nitrogen and oxygen atoms in total. The van der Waals surface area contributed by atoms with Crippen molar-refractivity contribution in [3.8, 4) is 0 Å². The van der Waals surface area contributed by atoms with Crippen molar-refractivity contribution in [3.05, 3.63) is 16.6 Å². The van der Waals surface area contributed by atoms with Gasteiger partial charge in [0.1, 0.15) is 5.01 Å². The number of aromatic nitrogens is 1. The van der Waals surface area contributed by atoms with E-state index in [9.17, 15) is 5.11 Å². The van der Waals surface area contributed by atoms with Gasteiger partial charge in [0.05, 0.1) is 12.6 Å². The summed E-state index contributed by atoms with van der Waals surface area (Å²) >= 11 is 1.74. The first kappa shape index (κ1) is 11.6. The highest BCUT2D eigenvalue weighted by molar-refractivity contribution is 7.09. The third-order valence-electron chi connectivity index (χ3n) is 4.26. The van der Waals surface area contributed by atoms with Crippen LogP contribution in [0.2, 0.25) is 0 Å². The fraction of sp³-hybridized carbons (Fsp3) is 0.769. The van der Waals surface area contributed by atoms with Gasteiger partial charge in [0.2, 0.25) is 0 Å². The summed E-state index contributed by atoms with van der Waals surface area (Å²) in [5.41, 5.74) is 0. The van der Waals surface area contributed by atoms with Gasteiger partial charge in [-0.25, -0.2) is 4.98 Å². The van der Waals surface area contributed by atoms with Gasteiger partial charge in [0, 0.05) is 23.5 Å². The Morgan fingerprint density at radius 2 is 2.29 bits per heavy atom. The van der Waals surface area contributed by atoms with Crippen LogP contribution < -0.4 is 0 Å². The van der Waals surface area contributed by atoms with E-state index >= 15 is 0 Å². The van der Waals surface area contributed by atoms with E-state index < -0.39 is 0 Å². The average molecular weight is 252 g/mol. The third-order valence-corrected chi connectivity index (χ3v) is 5.03. The topological polar surface area (TPSA) is 36.4 Å². The molecule has 94 valence electrons. The maximum Gasteiger partial charge on any atom is 0.107 e. The summed E-state index contributed by atoms with van der Waals surface area (Å²) in [6.45, 7) is 2.15. The molecule has 1 aliphatic carbocycles. The van der Waals surface area contributed by atoms with Gasteiger partial charge in [-0.1, -0.05) is 6.42 Å². The Balaban J connectivity index is 1.67. The van der Waals surface area contributed by atoms with E-state index in [1.807, 2.05) is 11.6 Å². The van der Waals surface area contributed by atoms with Crippen LogP contribution in [0.25, 0.3) is 0 Å². The lowest BCUT2D eigenvalue weighted by atomic mass is 9.94. The summed E-state index contributed by atoms with van der Waals surface area (Å²) in [7, 11) is 0. The molecule has 0 amide bonds. The van der Waals surface area contributed by atoms with Crippen molar-refractivity contribution in [2.75, 3.05) is 6.54 Å². The van der Waals surface area contributed by atoms with Crippen molar-refractivity contribution in [1.82, 2.24) is 9.88 Å². The SMILES string of the molecule is OC1CCCC1C1CCCN1Cc1nccs1. The normalized spacial score (nSPS) is 34.5. The average Bonchev–Trinajstić information content (AvgIpc) is 3.00. The molecule has 1 N–H and O–H groups in total. The van der Waals surface area contributed by atoms with Crippen molar-refractivity contribution in [3.63, 3.8) is 0 Å². The second kappa shape index (κ2) is 5.04. The minimum atomic E-state index is -0.0584. The van der Waals surface area contributed by atoms with Gasteiger partial charge in [-0.05, 0) is 32.2 Å². The molecule has 0 bridgehead atoms. The van der Waals surface area contributed by atoms with Gasteiger partial charge in [-0.3, -0.25) is 4.90 Å². The molecule has 2 fully saturated rings. The molecule has 1 saturated heterocycles. The summed E-state index contributed by atoms with van der Waals surface area (Å²) < 4.78 is 0. The fourth-order valence-corrected chi connectivity index (χ4v) is 4.10. The van der Waals surface area contributed by atoms with Crippen molar-refractivity contribution in [2.24, 2.45) is 5.92 Å². The largest absolute Gasteiger partial charge is 0.393 e. The first-order valence-electron chi connectivity index (χ1n) is 6.65. The summed E-state index contributed by atoms with van der Waals surface area (Å²) in [6.07, 6.45) is 7.78. The Morgan fingerprint density at radius 1 is 1.35 bits per heavy atom. The van der Waals surface area contributed by atoms with E-state index in [0.29, 0.717) is 12.0 Å². The Hall–Kier alpha value is -0.450. The first-order valence-corrected chi connectivity index (χ1v) is 7.53. The van der Waals surface area contributed by atoms with Crippen LogP contribution in [0.5, 0.6) is 0 Å². The number of nitrogens with zero attached hydrogens (tertiary/aromatic N) is 2. The summed E-state index contributed by atoms with van der Waals surface area (Å²) in [6, 6.07) is 0.594. The number of aliphatic hydroxyl groups excluding tert-OH is 1. The predicted molar refractivity (Wildman–Crippen MR) is 68.9 cm³/mol. The van der Waals surface area contributed by atoms with Crippen LogP contribution in [-0.4, -0.2) is 33.7 Å². The van der Waals surface area contributed by atoms with Crippen LogP contribution >= 0.6 is 11.3 Å². The number of rotatable bonds is 3. The van der Waals surface area contributed by atoms with Crippen LogP contribution in [0, 0.1) is 5.92 Å². The smallest absolute Gasteiger partial charge is 0.107 e. The highest BCUT2D eigenvalue weighted by Crippen LogP contribution is 2.36. The Kier molecular flexibility index (Phi) is 3.45. The number of aliphatic hydroxyl groups is 1. The predicted octanol–water partition coefficient (Wildman–Crippen LogP) is 2.27. The Morgan fingerprint density at radius 3 is 3.00 bits per heavy atom. The maximum absolute atomic E-state index is 10.1. The van der Waals surface area contributed by atoms with E-state index in [-0.39, 0.29) is 6.10 Å². The van der Waals surface area contributed by atoms with Gasteiger partial charge in [-0.2, -0.15) is 0 Å². The molecule has 1 saturated carbocycles. The highest BCUT2D eigenvalue weighted by atomic mass is 32.1. The molecule has 17 heavy (non-hydrogen) atoms. The van der Waals surface area contributed by atoms with Gasteiger partial charge in [-0.15, -0.1) is 11.3 Å². The van der Waals surface area contributed by atoms with E-state index in [2.05, 4.69) is 9.88 Å². The van der Waals surface area contributed by atoms with Crippen molar-refractivity contribution >= 4 is 11.3 Å². The van der Waals surface area contributed by atoms with Crippen molar-refractivity contribution in [2.45, 2.75) is 50.8 Å². The third kappa shape index (κ3) is 2.39. The molecule has 2 heterocycles. The minimum absolute atomic E-state index is 0.0584. The first-order chi connectivity index (χ1) is 8.34. The molecular formula is C13H20N2OS. The van der Waals surface area contributed by atoms with Crippen molar-refractivity contribution < 1.29 is 5.11 Å². The van der Waals surface area contributed by atoms with Crippen LogP contribution in [0.15, 0.2) is 11.6 Å². The lowest BCUT2D eigenvalue weighted by molar-refractivity contribution is 0.0718. The lowest BCUT2D eigenvalue weighted by Gasteiger charge is -2.30. The number of likely N-dealkylation sites (tertiary alicyclic amines) is 1. The summed E-state index contributed by atoms with van der Waals surface area (Å²) in [5.74, 6) is 0.512. The molecule has 1 aromatic rings. The molecule has 2 aliphatic rings. The standard InChI is InChI=1S/C13H20N2OS/c16-12-5-1-3-10(12)11-4-2-7-15(11)9-13-14-6-8-17-13/h6,8,10-12,16H,1-5,7,9H2. The summed E-state index contributed by atoms with van der Waals surface area (Å²) in [4.78, 5) is 6.91. The Bertz CT molecular complexity index is 354. The zero-order valence-corrected chi connectivity index (χ0v) is 10.9. The molecular weight excluding hydrogens is 232 g/mol. The van der Waals surface area contributed by atoms with E-state index in [4.69, 9.17) is 0 Å². The van der Waals surface area contributed by atoms with Gasteiger partial charge in [0.25, 0.3) is 0 Å². The second-order valence-corrected chi connectivity index (χ2v) is 6.25. The van der Waals surface area contributed by atoms with Crippen LogP contribution in [0.3, 0.4) is 0 Å². The molecule has 1 aromatic heterocycles. The molecule has 0 radical (unpaired) electrons. The highest BCUT2D eigenvalue weighted by Gasteiger charge is 2.38. The molecule has 3 rings (SSSR count). The van der Waals surface area contributed by atoms with Gasteiger partial charge < -0.3 is 5.11 Å². The summed E-state index contributed by atoms with van der Waals surface area (Å²) in [5, 5.41) is 13.3.